The number of aliphatic hydroxyl groups is 1. The van der Waals surface area contributed by atoms with Crippen molar-refractivity contribution in [2.75, 3.05) is 0 Å². The number of rotatable bonds is 3. The molecule has 2 nitrogen and oxygen atoms in total. The molecular weight excluding hydrogens is 255 g/mol. The molecule has 1 N–H and O–H groups in total. The highest BCUT2D eigenvalue weighted by Gasteiger charge is 2.18. The number of furan rings is 1. The topological polar surface area (TPSA) is 33.4 Å². The first-order chi connectivity index (χ1) is 9.65. The molecule has 1 unspecified atom stereocenters. The first kappa shape index (κ1) is 12.9. The maximum Gasteiger partial charge on any atom is 0.137 e. The SMILES string of the molecule is Cc1c(C(O)Cc2ccccc2)oc2ccc(F)cc12. The Balaban J connectivity index is 1.95. The monoisotopic (exact) mass is 270 g/mol. The zero-order chi connectivity index (χ0) is 14.1. The molecule has 1 aromatic heterocycles. The summed E-state index contributed by atoms with van der Waals surface area (Å²) in [7, 11) is 0. The lowest BCUT2D eigenvalue weighted by molar-refractivity contribution is 0.151. The lowest BCUT2D eigenvalue weighted by Crippen LogP contribution is -2.01. The summed E-state index contributed by atoms with van der Waals surface area (Å²) in [5, 5.41) is 11.1. The van der Waals surface area contributed by atoms with Gasteiger partial charge in [0.25, 0.3) is 0 Å². The van der Waals surface area contributed by atoms with Crippen molar-refractivity contribution in [3.8, 4) is 0 Å². The van der Waals surface area contributed by atoms with E-state index in [2.05, 4.69) is 0 Å². The zero-order valence-electron chi connectivity index (χ0n) is 11.1. The molecular formula is C17H15FO2. The van der Waals surface area contributed by atoms with E-state index < -0.39 is 6.10 Å². The maximum atomic E-state index is 13.3. The number of hydrogen-bond acceptors (Lipinski definition) is 2. The minimum atomic E-state index is -0.729. The Kier molecular flexibility index (Phi) is 3.28. The van der Waals surface area contributed by atoms with Crippen LogP contribution in [0.15, 0.2) is 52.9 Å². The van der Waals surface area contributed by atoms with Gasteiger partial charge in [-0.25, -0.2) is 4.39 Å². The van der Waals surface area contributed by atoms with Crippen LogP contribution in [0.3, 0.4) is 0 Å². The third-order valence-electron chi connectivity index (χ3n) is 3.51. The van der Waals surface area contributed by atoms with Crippen LogP contribution in [0.5, 0.6) is 0 Å². The average molecular weight is 270 g/mol. The van der Waals surface area contributed by atoms with Gasteiger partial charge in [0, 0.05) is 17.4 Å². The van der Waals surface area contributed by atoms with Crippen molar-refractivity contribution in [3.05, 3.63) is 71.2 Å². The van der Waals surface area contributed by atoms with E-state index in [9.17, 15) is 9.50 Å². The molecule has 1 heterocycles. The van der Waals surface area contributed by atoms with Gasteiger partial charge in [-0.3, -0.25) is 0 Å². The molecule has 0 radical (unpaired) electrons. The van der Waals surface area contributed by atoms with Crippen molar-refractivity contribution in [2.24, 2.45) is 0 Å². The molecule has 0 fully saturated rings. The third kappa shape index (κ3) is 2.32. The number of halogens is 1. The van der Waals surface area contributed by atoms with E-state index in [1.54, 1.807) is 6.07 Å². The molecule has 0 aliphatic heterocycles. The molecule has 2 aromatic carbocycles. The molecule has 0 saturated heterocycles. The molecule has 3 rings (SSSR count). The molecule has 0 aliphatic carbocycles. The highest BCUT2D eigenvalue weighted by molar-refractivity contribution is 5.82. The van der Waals surface area contributed by atoms with E-state index in [1.165, 1.54) is 12.1 Å². The highest BCUT2D eigenvalue weighted by atomic mass is 19.1. The van der Waals surface area contributed by atoms with E-state index in [-0.39, 0.29) is 5.82 Å². The summed E-state index contributed by atoms with van der Waals surface area (Å²) in [4.78, 5) is 0. The van der Waals surface area contributed by atoms with E-state index in [0.29, 0.717) is 23.2 Å². The smallest absolute Gasteiger partial charge is 0.137 e. The van der Waals surface area contributed by atoms with Crippen molar-refractivity contribution in [3.63, 3.8) is 0 Å². The fraction of sp³-hybridized carbons (Fsp3) is 0.176. The van der Waals surface area contributed by atoms with Gasteiger partial charge in [-0.15, -0.1) is 0 Å². The largest absolute Gasteiger partial charge is 0.458 e. The molecule has 0 amide bonds. The van der Waals surface area contributed by atoms with Crippen LogP contribution in [-0.4, -0.2) is 5.11 Å². The fourth-order valence-electron chi connectivity index (χ4n) is 2.46. The summed E-state index contributed by atoms with van der Waals surface area (Å²) in [6, 6.07) is 14.1. The number of aliphatic hydroxyl groups excluding tert-OH is 1. The third-order valence-corrected chi connectivity index (χ3v) is 3.51. The quantitative estimate of drug-likeness (QED) is 0.775. The first-order valence-corrected chi connectivity index (χ1v) is 6.55. The minimum absolute atomic E-state index is 0.300. The first-order valence-electron chi connectivity index (χ1n) is 6.55. The second-order valence-electron chi connectivity index (χ2n) is 4.94. The normalized spacial score (nSPS) is 12.8. The molecule has 0 bridgehead atoms. The van der Waals surface area contributed by atoms with Gasteiger partial charge in [0.05, 0.1) is 0 Å². The van der Waals surface area contributed by atoms with Gasteiger partial charge < -0.3 is 9.52 Å². The van der Waals surface area contributed by atoms with Crippen LogP contribution in [0.2, 0.25) is 0 Å². The van der Waals surface area contributed by atoms with Crippen molar-refractivity contribution in [1.29, 1.82) is 0 Å². The van der Waals surface area contributed by atoms with Crippen LogP contribution in [-0.2, 0) is 6.42 Å². The summed E-state index contributed by atoms with van der Waals surface area (Å²) < 4.78 is 18.9. The lowest BCUT2D eigenvalue weighted by Gasteiger charge is -2.08. The maximum absolute atomic E-state index is 13.3. The number of benzene rings is 2. The predicted molar refractivity (Wildman–Crippen MR) is 76.0 cm³/mol. The standard InChI is InChI=1S/C17H15FO2/c1-11-14-10-13(18)7-8-16(14)20-17(11)15(19)9-12-5-3-2-4-6-12/h2-8,10,15,19H,9H2,1H3. The van der Waals surface area contributed by atoms with Gasteiger partial charge in [0.2, 0.25) is 0 Å². The highest BCUT2D eigenvalue weighted by Crippen LogP contribution is 2.31. The predicted octanol–water partition coefficient (Wildman–Crippen LogP) is 4.16. The molecule has 20 heavy (non-hydrogen) atoms. The number of aryl methyl sites for hydroxylation is 1. The van der Waals surface area contributed by atoms with Crippen molar-refractivity contribution >= 4 is 11.0 Å². The van der Waals surface area contributed by atoms with E-state index >= 15 is 0 Å². The van der Waals surface area contributed by atoms with E-state index in [1.807, 2.05) is 37.3 Å². The van der Waals surface area contributed by atoms with Gasteiger partial charge in [-0.05, 0) is 30.7 Å². The molecule has 0 aliphatic rings. The van der Waals surface area contributed by atoms with Gasteiger partial charge in [0.1, 0.15) is 23.3 Å². The molecule has 3 aromatic rings. The molecule has 102 valence electrons. The van der Waals surface area contributed by atoms with Gasteiger partial charge in [0.15, 0.2) is 0 Å². The number of hydrogen-bond donors (Lipinski definition) is 1. The Morgan fingerprint density at radius 1 is 1.15 bits per heavy atom. The molecule has 1 atom stereocenters. The zero-order valence-corrected chi connectivity index (χ0v) is 11.1. The van der Waals surface area contributed by atoms with Crippen LogP contribution >= 0.6 is 0 Å². The summed E-state index contributed by atoms with van der Waals surface area (Å²) in [5.41, 5.74) is 2.43. The minimum Gasteiger partial charge on any atom is -0.458 e. The van der Waals surface area contributed by atoms with E-state index in [0.717, 1.165) is 11.1 Å². The van der Waals surface area contributed by atoms with Gasteiger partial charge in [-0.1, -0.05) is 30.3 Å². The lowest BCUT2D eigenvalue weighted by atomic mass is 10.0. The molecule has 0 saturated carbocycles. The average Bonchev–Trinajstić information content (AvgIpc) is 2.77. The summed E-state index contributed by atoms with van der Waals surface area (Å²) in [6.45, 7) is 1.84. The van der Waals surface area contributed by atoms with Crippen LogP contribution < -0.4 is 0 Å². The fourth-order valence-corrected chi connectivity index (χ4v) is 2.46. The Morgan fingerprint density at radius 2 is 1.90 bits per heavy atom. The molecule has 3 heteroatoms. The Bertz CT molecular complexity index is 731. The second-order valence-corrected chi connectivity index (χ2v) is 4.94. The van der Waals surface area contributed by atoms with Crippen LogP contribution in [0, 0.1) is 12.7 Å². The number of fused-ring (bicyclic) bond motifs is 1. The van der Waals surface area contributed by atoms with Crippen molar-refractivity contribution < 1.29 is 13.9 Å². The Morgan fingerprint density at radius 3 is 2.65 bits per heavy atom. The van der Waals surface area contributed by atoms with Crippen LogP contribution in [0.1, 0.15) is 23.0 Å². The Labute approximate surface area is 116 Å². The van der Waals surface area contributed by atoms with Crippen LogP contribution in [0.25, 0.3) is 11.0 Å². The van der Waals surface area contributed by atoms with Crippen molar-refractivity contribution in [1.82, 2.24) is 0 Å². The van der Waals surface area contributed by atoms with Crippen LogP contribution in [0.4, 0.5) is 4.39 Å². The summed E-state index contributed by atoms with van der Waals surface area (Å²) in [5.74, 6) is 0.208. The van der Waals surface area contributed by atoms with Crippen molar-refractivity contribution in [2.45, 2.75) is 19.4 Å². The summed E-state index contributed by atoms with van der Waals surface area (Å²) in [6.07, 6.45) is -0.253. The van der Waals surface area contributed by atoms with Gasteiger partial charge >= 0.3 is 0 Å². The second kappa shape index (κ2) is 5.10. The summed E-state index contributed by atoms with van der Waals surface area (Å²) >= 11 is 0. The van der Waals surface area contributed by atoms with Gasteiger partial charge in [-0.2, -0.15) is 0 Å². The molecule has 0 spiro atoms. The Hall–Kier alpha value is -2.13. The van der Waals surface area contributed by atoms with E-state index in [4.69, 9.17) is 4.42 Å².